The number of carbonyl (C=O) groups is 1. The minimum atomic E-state index is -0.120. The van der Waals surface area contributed by atoms with Gasteiger partial charge >= 0.3 is 6.03 Å². The Labute approximate surface area is 147 Å². The summed E-state index contributed by atoms with van der Waals surface area (Å²) in [6, 6.07) is 18.4. The second kappa shape index (κ2) is 8.11. The minimum Gasteiger partial charge on any atom is -0.371 e. The number of rotatable bonds is 4. The van der Waals surface area contributed by atoms with E-state index in [1.807, 2.05) is 36.6 Å². The zero-order chi connectivity index (χ0) is 16.8. The average Bonchev–Trinajstić information content (AvgIpc) is 2.64. The van der Waals surface area contributed by atoms with Gasteiger partial charge in [-0.1, -0.05) is 18.2 Å². The van der Waals surface area contributed by atoms with Crippen LogP contribution in [-0.2, 0) is 0 Å². The number of anilines is 2. The molecule has 0 radical (unpaired) electrons. The third-order valence-corrected chi connectivity index (χ3v) is 5.04. The van der Waals surface area contributed by atoms with Crippen LogP contribution in [0, 0.1) is 0 Å². The van der Waals surface area contributed by atoms with Gasteiger partial charge in [0.2, 0.25) is 0 Å². The molecule has 0 aliphatic carbocycles. The second-order valence-corrected chi connectivity index (χ2v) is 6.80. The van der Waals surface area contributed by atoms with Crippen LogP contribution in [-0.4, -0.2) is 31.4 Å². The molecule has 0 bridgehead atoms. The van der Waals surface area contributed by atoms with Gasteiger partial charge in [0.15, 0.2) is 0 Å². The van der Waals surface area contributed by atoms with Crippen LogP contribution in [0.2, 0.25) is 0 Å². The third kappa shape index (κ3) is 4.45. The first-order valence-corrected chi connectivity index (χ1v) is 9.48. The SMILES string of the molecule is CSc1ccc(NC(=O)NC2CCN(c3ccccc3)CC2)cc1. The van der Waals surface area contributed by atoms with Crippen molar-refractivity contribution in [3.05, 3.63) is 54.6 Å². The molecule has 0 spiro atoms. The fourth-order valence-electron chi connectivity index (χ4n) is 2.95. The Balaban J connectivity index is 1.46. The number of hydrogen-bond donors (Lipinski definition) is 2. The van der Waals surface area contributed by atoms with Crippen molar-refractivity contribution in [2.75, 3.05) is 29.6 Å². The molecular formula is C19H23N3OS. The van der Waals surface area contributed by atoms with Gasteiger partial charge in [-0.2, -0.15) is 0 Å². The summed E-state index contributed by atoms with van der Waals surface area (Å²) in [7, 11) is 0. The van der Waals surface area contributed by atoms with Gasteiger partial charge in [0.25, 0.3) is 0 Å². The molecule has 0 unspecified atom stereocenters. The highest BCUT2D eigenvalue weighted by molar-refractivity contribution is 7.98. The lowest BCUT2D eigenvalue weighted by Gasteiger charge is -2.33. The van der Waals surface area contributed by atoms with E-state index in [4.69, 9.17) is 0 Å². The maximum atomic E-state index is 12.1. The maximum absolute atomic E-state index is 12.1. The predicted molar refractivity (Wildman–Crippen MR) is 102 cm³/mol. The normalized spacial score (nSPS) is 15.1. The van der Waals surface area contributed by atoms with Crippen molar-refractivity contribution in [2.24, 2.45) is 0 Å². The molecule has 24 heavy (non-hydrogen) atoms. The average molecular weight is 341 g/mol. The van der Waals surface area contributed by atoms with Crippen LogP contribution in [0.15, 0.2) is 59.5 Å². The number of nitrogens with one attached hydrogen (secondary N) is 2. The predicted octanol–water partition coefficient (Wildman–Crippen LogP) is 4.20. The number of carbonyl (C=O) groups excluding carboxylic acids is 1. The summed E-state index contributed by atoms with van der Waals surface area (Å²) in [5.74, 6) is 0. The van der Waals surface area contributed by atoms with Crippen LogP contribution < -0.4 is 15.5 Å². The van der Waals surface area contributed by atoms with Crippen molar-refractivity contribution in [3.63, 3.8) is 0 Å². The van der Waals surface area contributed by atoms with Gasteiger partial charge in [-0.15, -0.1) is 11.8 Å². The highest BCUT2D eigenvalue weighted by Gasteiger charge is 2.20. The van der Waals surface area contributed by atoms with Crippen molar-refractivity contribution >= 4 is 29.2 Å². The number of benzene rings is 2. The van der Waals surface area contributed by atoms with Gasteiger partial charge in [-0.05, 0) is 55.5 Å². The molecule has 3 rings (SSSR count). The first-order chi connectivity index (χ1) is 11.7. The molecule has 2 aromatic carbocycles. The van der Waals surface area contributed by atoms with Crippen LogP contribution in [0.1, 0.15) is 12.8 Å². The summed E-state index contributed by atoms with van der Waals surface area (Å²) in [4.78, 5) is 15.7. The summed E-state index contributed by atoms with van der Waals surface area (Å²) in [6.07, 6.45) is 3.97. The molecule has 1 aliphatic rings. The first-order valence-electron chi connectivity index (χ1n) is 8.26. The molecule has 1 heterocycles. The van der Waals surface area contributed by atoms with Gasteiger partial charge in [-0.25, -0.2) is 4.79 Å². The van der Waals surface area contributed by atoms with Crippen LogP contribution >= 0.6 is 11.8 Å². The number of thioether (sulfide) groups is 1. The first kappa shape index (κ1) is 16.7. The topological polar surface area (TPSA) is 44.4 Å². The number of hydrogen-bond acceptors (Lipinski definition) is 3. The molecule has 0 saturated carbocycles. The van der Waals surface area contributed by atoms with Gasteiger partial charge < -0.3 is 15.5 Å². The van der Waals surface area contributed by atoms with Gasteiger partial charge in [-0.3, -0.25) is 0 Å². The summed E-state index contributed by atoms with van der Waals surface area (Å²) in [5.41, 5.74) is 2.08. The monoisotopic (exact) mass is 341 g/mol. The molecule has 1 aliphatic heterocycles. The van der Waals surface area contributed by atoms with E-state index in [1.54, 1.807) is 11.8 Å². The van der Waals surface area contributed by atoms with Crippen molar-refractivity contribution < 1.29 is 4.79 Å². The minimum absolute atomic E-state index is 0.120. The van der Waals surface area contributed by atoms with Gasteiger partial charge in [0, 0.05) is 35.4 Å². The Hall–Kier alpha value is -2.14. The van der Waals surface area contributed by atoms with Gasteiger partial charge in [0.1, 0.15) is 0 Å². The van der Waals surface area contributed by atoms with E-state index in [0.29, 0.717) is 0 Å². The molecule has 2 amide bonds. The van der Waals surface area contributed by atoms with E-state index in [9.17, 15) is 4.79 Å². The Morgan fingerprint density at radius 1 is 1.04 bits per heavy atom. The highest BCUT2D eigenvalue weighted by atomic mass is 32.2. The van der Waals surface area contributed by atoms with E-state index in [-0.39, 0.29) is 12.1 Å². The standard InChI is InChI=1S/C19H23N3OS/c1-24-18-9-7-15(8-10-18)20-19(23)21-16-11-13-22(14-12-16)17-5-3-2-4-6-17/h2-10,16H,11-14H2,1H3,(H2,20,21,23). The van der Waals surface area contributed by atoms with Gasteiger partial charge in [0.05, 0.1) is 0 Å². The highest BCUT2D eigenvalue weighted by Crippen LogP contribution is 2.20. The molecular weight excluding hydrogens is 318 g/mol. The van der Waals surface area contributed by atoms with E-state index < -0.39 is 0 Å². The number of urea groups is 1. The molecule has 0 aromatic heterocycles. The largest absolute Gasteiger partial charge is 0.371 e. The number of para-hydroxylation sites is 1. The Morgan fingerprint density at radius 2 is 1.71 bits per heavy atom. The van der Waals surface area contributed by atoms with E-state index >= 15 is 0 Å². The molecule has 0 atom stereocenters. The smallest absolute Gasteiger partial charge is 0.319 e. The quantitative estimate of drug-likeness (QED) is 0.819. The molecule has 1 saturated heterocycles. The lowest BCUT2D eigenvalue weighted by molar-refractivity contribution is 0.246. The zero-order valence-corrected chi connectivity index (χ0v) is 14.7. The Morgan fingerprint density at radius 3 is 2.33 bits per heavy atom. The summed E-state index contributed by atoms with van der Waals surface area (Å²) in [6.45, 7) is 1.94. The maximum Gasteiger partial charge on any atom is 0.319 e. The molecule has 1 fully saturated rings. The third-order valence-electron chi connectivity index (χ3n) is 4.30. The van der Waals surface area contributed by atoms with E-state index in [1.165, 1.54) is 10.6 Å². The molecule has 2 N–H and O–H groups in total. The van der Waals surface area contributed by atoms with Crippen molar-refractivity contribution in [3.8, 4) is 0 Å². The fourth-order valence-corrected chi connectivity index (χ4v) is 3.36. The van der Waals surface area contributed by atoms with Crippen LogP contribution in [0.25, 0.3) is 0 Å². The number of nitrogens with zero attached hydrogens (tertiary/aromatic N) is 1. The fraction of sp³-hybridized carbons (Fsp3) is 0.316. The van der Waals surface area contributed by atoms with Crippen molar-refractivity contribution in [1.29, 1.82) is 0 Å². The molecule has 126 valence electrons. The summed E-state index contributed by atoms with van der Waals surface area (Å²) < 4.78 is 0. The lowest BCUT2D eigenvalue weighted by atomic mass is 10.0. The zero-order valence-electron chi connectivity index (χ0n) is 13.9. The summed E-state index contributed by atoms with van der Waals surface area (Å²) in [5, 5.41) is 6.00. The Bertz CT molecular complexity index is 652. The Kier molecular flexibility index (Phi) is 5.64. The molecule has 5 heteroatoms. The molecule has 4 nitrogen and oxygen atoms in total. The lowest BCUT2D eigenvalue weighted by Crippen LogP contribution is -2.46. The van der Waals surface area contributed by atoms with Crippen LogP contribution in [0.3, 0.4) is 0 Å². The van der Waals surface area contributed by atoms with Crippen molar-refractivity contribution in [2.45, 2.75) is 23.8 Å². The number of amides is 2. The van der Waals surface area contributed by atoms with E-state index in [0.717, 1.165) is 31.6 Å². The van der Waals surface area contributed by atoms with E-state index in [2.05, 4.69) is 39.8 Å². The van der Waals surface area contributed by atoms with Crippen LogP contribution in [0.4, 0.5) is 16.2 Å². The number of piperidine rings is 1. The van der Waals surface area contributed by atoms with Crippen LogP contribution in [0.5, 0.6) is 0 Å². The second-order valence-electron chi connectivity index (χ2n) is 5.92. The molecule has 2 aromatic rings. The van der Waals surface area contributed by atoms with Crippen molar-refractivity contribution in [1.82, 2.24) is 5.32 Å². The summed E-state index contributed by atoms with van der Waals surface area (Å²) >= 11 is 1.69.